The molecule has 9 heteroatoms. The van der Waals surface area contributed by atoms with E-state index in [0.717, 1.165) is 25.8 Å². The number of halogens is 2. The number of ether oxygens (including phenoxy) is 2. The summed E-state index contributed by atoms with van der Waals surface area (Å²) in [7, 11) is 0. The van der Waals surface area contributed by atoms with Crippen molar-refractivity contribution in [2.45, 2.75) is 26.6 Å². The lowest BCUT2D eigenvalue weighted by atomic mass is 10.2. The normalized spacial score (nSPS) is 15.1. The average Bonchev–Trinajstić information content (AvgIpc) is 2.95. The lowest BCUT2D eigenvalue weighted by Gasteiger charge is -2.13. The van der Waals surface area contributed by atoms with E-state index in [0.29, 0.717) is 17.9 Å². The molecule has 0 saturated carbocycles. The lowest BCUT2D eigenvalue weighted by Crippen LogP contribution is -2.35. The number of imide groups is 1. The standard InChI is InChI=1S/C22H19FINO5S/c1-13(2)30-20(26)11-25-21(27)19(31-22(25)28)10-15-5-8-18(17(24)9-15)29-12-14-3-6-16(23)7-4-14/h3-10,13H,11-12H2,1-2H3/b19-10+. The van der Waals surface area contributed by atoms with Crippen LogP contribution in [0.5, 0.6) is 5.75 Å². The summed E-state index contributed by atoms with van der Waals surface area (Å²) in [4.78, 5) is 37.6. The van der Waals surface area contributed by atoms with Gasteiger partial charge in [0.15, 0.2) is 0 Å². The maximum atomic E-state index is 13.0. The van der Waals surface area contributed by atoms with Crippen molar-refractivity contribution in [3.8, 4) is 5.75 Å². The van der Waals surface area contributed by atoms with E-state index >= 15 is 0 Å². The van der Waals surface area contributed by atoms with E-state index in [9.17, 15) is 18.8 Å². The van der Waals surface area contributed by atoms with Gasteiger partial charge in [-0.25, -0.2) is 4.39 Å². The molecule has 2 amide bonds. The van der Waals surface area contributed by atoms with Crippen molar-refractivity contribution in [1.29, 1.82) is 0 Å². The molecule has 0 aromatic heterocycles. The zero-order valence-corrected chi connectivity index (χ0v) is 19.7. The van der Waals surface area contributed by atoms with Gasteiger partial charge in [0.05, 0.1) is 14.6 Å². The highest BCUT2D eigenvalue weighted by atomic mass is 127. The van der Waals surface area contributed by atoms with Crippen LogP contribution in [-0.4, -0.2) is 34.7 Å². The predicted octanol–water partition coefficient (Wildman–Crippen LogP) is 5.00. The molecular weight excluding hydrogens is 536 g/mol. The molecule has 2 aromatic carbocycles. The van der Waals surface area contributed by atoms with E-state index in [1.54, 1.807) is 44.2 Å². The highest BCUT2D eigenvalue weighted by molar-refractivity contribution is 14.1. The monoisotopic (exact) mass is 555 g/mol. The molecule has 2 aromatic rings. The van der Waals surface area contributed by atoms with Gasteiger partial charge in [-0.1, -0.05) is 18.2 Å². The lowest BCUT2D eigenvalue weighted by molar-refractivity contribution is -0.149. The summed E-state index contributed by atoms with van der Waals surface area (Å²) in [6.45, 7) is 3.27. The maximum Gasteiger partial charge on any atom is 0.326 e. The zero-order chi connectivity index (χ0) is 22.5. The molecule has 1 aliphatic heterocycles. The first-order chi connectivity index (χ1) is 14.7. The Morgan fingerprint density at radius 3 is 2.55 bits per heavy atom. The Bertz CT molecular complexity index is 1040. The second-order valence-electron chi connectivity index (χ2n) is 6.91. The number of thioether (sulfide) groups is 1. The fourth-order valence-corrected chi connectivity index (χ4v) is 4.22. The van der Waals surface area contributed by atoms with Gasteiger partial charge in [-0.2, -0.15) is 0 Å². The molecule has 0 bridgehead atoms. The minimum absolute atomic E-state index is 0.234. The molecule has 0 N–H and O–H groups in total. The number of nitrogens with zero attached hydrogens (tertiary/aromatic N) is 1. The first kappa shape index (κ1) is 23.3. The summed E-state index contributed by atoms with van der Waals surface area (Å²) >= 11 is 2.90. The summed E-state index contributed by atoms with van der Waals surface area (Å²) in [5.74, 6) is -0.811. The Morgan fingerprint density at radius 1 is 1.19 bits per heavy atom. The molecule has 0 spiro atoms. The molecule has 1 aliphatic rings. The van der Waals surface area contributed by atoms with Gasteiger partial charge < -0.3 is 9.47 Å². The van der Waals surface area contributed by atoms with Crippen LogP contribution < -0.4 is 4.74 Å². The zero-order valence-electron chi connectivity index (χ0n) is 16.8. The third-order valence-electron chi connectivity index (χ3n) is 4.09. The minimum Gasteiger partial charge on any atom is -0.488 e. The predicted molar refractivity (Wildman–Crippen MR) is 124 cm³/mol. The fourth-order valence-electron chi connectivity index (χ4n) is 2.68. The Balaban J connectivity index is 1.67. The van der Waals surface area contributed by atoms with Gasteiger partial charge in [0, 0.05) is 0 Å². The average molecular weight is 555 g/mol. The van der Waals surface area contributed by atoms with Crippen molar-refractivity contribution >= 4 is 57.5 Å². The molecule has 1 saturated heterocycles. The fraction of sp³-hybridized carbons (Fsp3) is 0.227. The summed E-state index contributed by atoms with van der Waals surface area (Å²) in [6, 6.07) is 11.4. The van der Waals surface area contributed by atoms with Gasteiger partial charge in [0.25, 0.3) is 11.1 Å². The third kappa shape index (κ3) is 6.30. The highest BCUT2D eigenvalue weighted by Crippen LogP contribution is 2.33. The van der Waals surface area contributed by atoms with Crippen LogP contribution in [0.1, 0.15) is 25.0 Å². The van der Waals surface area contributed by atoms with Crippen molar-refractivity contribution in [1.82, 2.24) is 4.90 Å². The number of amides is 2. The van der Waals surface area contributed by atoms with Gasteiger partial charge in [-0.3, -0.25) is 19.3 Å². The Morgan fingerprint density at radius 2 is 1.90 bits per heavy atom. The Hall–Kier alpha value is -2.40. The van der Waals surface area contributed by atoms with Crippen LogP contribution in [0.2, 0.25) is 0 Å². The van der Waals surface area contributed by atoms with Crippen molar-refractivity contribution in [3.05, 3.63) is 67.9 Å². The molecule has 31 heavy (non-hydrogen) atoms. The molecular formula is C22H19FINO5S. The third-order valence-corrected chi connectivity index (χ3v) is 5.84. The van der Waals surface area contributed by atoms with Crippen LogP contribution in [0.3, 0.4) is 0 Å². The SMILES string of the molecule is CC(C)OC(=O)CN1C(=O)S/C(=C/c2ccc(OCc3ccc(F)cc3)c(I)c2)C1=O. The summed E-state index contributed by atoms with van der Waals surface area (Å²) < 4.78 is 24.6. The van der Waals surface area contributed by atoms with E-state index in [-0.39, 0.29) is 16.8 Å². The molecule has 0 aliphatic carbocycles. The number of carbonyl (C=O) groups excluding carboxylic acids is 3. The topological polar surface area (TPSA) is 72.9 Å². The van der Waals surface area contributed by atoms with E-state index in [1.165, 1.54) is 12.1 Å². The van der Waals surface area contributed by atoms with Gasteiger partial charge in [-0.15, -0.1) is 0 Å². The molecule has 0 unspecified atom stereocenters. The van der Waals surface area contributed by atoms with Gasteiger partial charge in [0.1, 0.15) is 24.7 Å². The van der Waals surface area contributed by atoms with Crippen LogP contribution in [0.25, 0.3) is 6.08 Å². The van der Waals surface area contributed by atoms with E-state index in [4.69, 9.17) is 9.47 Å². The van der Waals surface area contributed by atoms with Crippen LogP contribution in [0.4, 0.5) is 9.18 Å². The van der Waals surface area contributed by atoms with Crippen molar-refractivity contribution in [2.24, 2.45) is 0 Å². The molecule has 0 atom stereocenters. The van der Waals surface area contributed by atoms with E-state index in [1.807, 2.05) is 6.07 Å². The molecule has 0 radical (unpaired) electrons. The summed E-state index contributed by atoms with van der Waals surface area (Å²) in [6.07, 6.45) is 1.28. The Kier molecular flexibility index (Phi) is 7.71. The molecule has 162 valence electrons. The number of carbonyl (C=O) groups is 3. The number of hydrogen-bond acceptors (Lipinski definition) is 6. The van der Waals surface area contributed by atoms with Crippen molar-refractivity contribution < 1.29 is 28.2 Å². The van der Waals surface area contributed by atoms with E-state index in [2.05, 4.69) is 22.6 Å². The largest absolute Gasteiger partial charge is 0.488 e. The van der Waals surface area contributed by atoms with Crippen LogP contribution in [-0.2, 0) is 20.9 Å². The number of benzene rings is 2. The number of hydrogen-bond donors (Lipinski definition) is 0. The first-order valence-corrected chi connectivity index (χ1v) is 11.2. The molecule has 3 rings (SSSR count). The maximum absolute atomic E-state index is 13.0. The minimum atomic E-state index is -0.629. The van der Waals surface area contributed by atoms with Crippen molar-refractivity contribution in [2.75, 3.05) is 6.54 Å². The smallest absolute Gasteiger partial charge is 0.326 e. The number of esters is 1. The Labute approximate surface area is 196 Å². The first-order valence-electron chi connectivity index (χ1n) is 9.34. The second-order valence-corrected chi connectivity index (χ2v) is 9.07. The molecule has 1 fully saturated rings. The van der Waals surface area contributed by atoms with Gasteiger partial charge >= 0.3 is 5.97 Å². The van der Waals surface area contributed by atoms with E-state index < -0.39 is 23.7 Å². The second kappa shape index (κ2) is 10.3. The summed E-state index contributed by atoms with van der Waals surface area (Å²) in [5.41, 5.74) is 1.56. The highest BCUT2D eigenvalue weighted by Gasteiger charge is 2.36. The molecule has 6 nitrogen and oxygen atoms in total. The number of rotatable bonds is 7. The quantitative estimate of drug-likeness (QED) is 0.272. The van der Waals surface area contributed by atoms with Crippen LogP contribution >= 0.6 is 34.4 Å². The van der Waals surface area contributed by atoms with Gasteiger partial charge in [0.2, 0.25) is 0 Å². The summed E-state index contributed by atoms with van der Waals surface area (Å²) in [5, 5.41) is -0.508. The van der Waals surface area contributed by atoms with Crippen LogP contribution in [0, 0.1) is 9.39 Å². The molecule has 1 heterocycles. The van der Waals surface area contributed by atoms with Gasteiger partial charge in [-0.05, 0) is 89.7 Å². The van der Waals surface area contributed by atoms with Crippen molar-refractivity contribution in [3.63, 3.8) is 0 Å². The van der Waals surface area contributed by atoms with Crippen LogP contribution in [0.15, 0.2) is 47.4 Å².